The van der Waals surface area contributed by atoms with E-state index in [1.165, 1.54) is 6.92 Å². The summed E-state index contributed by atoms with van der Waals surface area (Å²) in [5.41, 5.74) is 2.58. The van der Waals surface area contributed by atoms with Gasteiger partial charge in [0.15, 0.2) is 5.82 Å². The lowest BCUT2D eigenvalue weighted by Crippen LogP contribution is -2.09. The van der Waals surface area contributed by atoms with E-state index in [0.717, 1.165) is 22.7 Å². The van der Waals surface area contributed by atoms with Gasteiger partial charge < -0.3 is 16.0 Å². The molecule has 1 aromatic heterocycles. The Balaban J connectivity index is 1.59. The van der Waals surface area contributed by atoms with Gasteiger partial charge in [-0.3, -0.25) is 4.79 Å². The van der Waals surface area contributed by atoms with Crippen molar-refractivity contribution >= 4 is 40.6 Å². The molecule has 0 fully saturated rings. The minimum Gasteiger partial charge on any atom is -0.368 e. The first kappa shape index (κ1) is 18.6. The maximum atomic E-state index is 11.2. The zero-order chi connectivity index (χ0) is 19.1. The number of anilines is 4. The second kappa shape index (κ2) is 8.95. The number of hydrogen-bond acceptors (Lipinski definition) is 6. The molecule has 7 nitrogen and oxygen atoms in total. The van der Waals surface area contributed by atoms with Crippen LogP contribution in [0.5, 0.6) is 0 Å². The third-order valence-electron chi connectivity index (χ3n) is 3.61. The van der Waals surface area contributed by atoms with Gasteiger partial charge in [-0.2, -0.15) is 10.1 Å². The number of amides is 1. The Bertz CT molecular complexity index is 933. The van der Waals surface area contributed by atoms with Crippen molar-refractivity contribution in [1.82, 2.24) is 15.2 Å². The summed E-state index contributed by atoms with van der Waals surface area (Å²) in [7, 11) is 0. The summed E-state index contributed by atoms with van der Waals surface area (Å²) in [6, 6.07) is 15.0. The van der Waals surface area contributed by atoms with E-state index < -0.39 is 0 Å². The van der Waals surface area contributed by atoms with Gasteiger partial charge in [-0.15, -0.1) is 5.10 Å². The van der Waals surface area contributed by atoms with Crippen molar-refractivity contribution in [3.05, 3.63) is 65.3 Å². The van der Waals surface area contributed by atoms with E-state index in [0.29, 0.717) is 24.0 Å². The van der Waals surface area contributed by atoms with Crippen molar-refractivity contribution in [2.75, 3.05) is 22.5 Å². The Kier molecular flexibility index (Phi) is 6.17. The van der Waals surface area contributed by atoms with Gasteiger partial charge in [-0.25, -0.2) is 0 Å². The first-order valence-corrected chi connectivity index (χ1v) is 8.79. The highest BCUT2D eigenvalue weighted by atomic mass is 35.5. The normalized spacial score (nSPS) is 10.3. The molecule has 0 radical (unpaired) electrons. The maximum Gasteiger partial charge on any atom is 0.249 e. The molecule has 0 aliphatic heterocycles. The standard InChI is InChI=1S/C19H19ClN6O/c1-13(27)23-16-6-3-7-17(11-16)24-19-25-18(12-22-26-19)21-9-8-14-4-2-5-15(20)10-14/h2-7,10-12H,8-9H2,1H3,(H,23,27)(H2,21,24,25,26). The summed E-state index contributed by atoms with van der Waals surface area (Å²) >= 11 is 6.00. The highest BCUT2D eigenvalue weighted by molar-refractivity contribution is 6.30. The van der Waals surface area contributed by atoms with E-state index in [1.807, 2.05) is 36.4 Å². The average Bonchev–Trinajstić information content (AvgIpc) is 2.62. The van der Waals surface area contributed by atoms with Crippen molar-refractivity contribution in [2.45, 2.75) is 13.3 Å². The lowest BCUT2D eigenvalue weighted by Gasteiger charge is -2.09. The molecule has 3 rings (SSSR count). The number of halogens is 1. The molecule has 0 spiro atoms. The fraction of sp³-hybridized carbons (Fsp3) is 0.158. The molecule has 0 bridgehead atoms. The quantitative estimate of drug-likeness (QED) is 0.574. The topological polar surface area (TPSA) is 91.8 Å². The van der Waals surface area contributed by atoms with Crippen molar-refractivity contribution in [1.29, 1.82) is 0 Å². The number of hydrogen-bond donors (Lipinski definition) is 3. The summed E-state index contributed by atoms with van der Waals surface area (Å²) in [5.74, 6) is 0.853. The molecule has 0 atom stereocenters. The van der Waals surface area contributed by atoms with Crippen LogP contribution >= 0.6 is 11.6 Å². The van der Waals surface area contributed by atoms with Crippen LogP contribution in [0.1, 0.15) is 12.5 Å². The van der Waals surface area contributed by atoms with Crippen molar-refractivity contribution < 1.29 is 4.79 Å². The van der Waals surface area contributed by atoms with Gasteiger partial charge in [0, 0.05) is 29.9 Å². The summed E-state index contributed by atoms with van der Waals surface area (Å²) in [4.78, 5) is 15.6. The van der Waals surface area contributed by atoms with Crippen LogP contribution in [0.15, 0.2) is 54.7 Å². The predicted octanol–water partition coefficient (Wildman–Crippen LogP) is 3.88. The van der Waals surface area contributed by atoms with Crippen molar-refractivity contribution in [2.24, 2.45) is 0 Å². The molecule has 1 heterocycles. The van der Waals surface area contributed by atoms with Crippen molar-refractivity contribution in [3.8, 4) is 0 Å². The van der Waals surface area contributed by atoms with E-state index in [-0.39, 0.29) is 5.91 Å². The highest BCUT2D eigenvalue weighted by Crippen LogP contribution is 2.18. The van der Waals surface area contributed by atoms with E-state index in [2.05, 4.69) is 31.1 Å². The second-order valence-corrected chi connectivity index (χ2v) is 6.30. The fourth-order valence-electron chi connectivity index (χ4n) is 2.48. The minimum atomic E-state index is -0.129. The van der Waals surface area contributed by atoms with Crippen LogP contribution in [0.2, 0.25) is 5.02 Å². The number of carbonyl (C=O) groups is 1. The molecule has 138 valence electrons. The molecule has 2 aromatic carbocycles. The lowest BCUT2D eigenvalue weighted by atomic mass is 10.1. The van der Waals surface area contributed by atoms with Gasteiger partial charge in [-0.05, 0) is 42.3 Å². The number of nitrogens with one attached hydrogen (secondary N) is 3. The smallest absolute Gasteiger partial charge is 0.249 e. The molecule has 0 unspecified atom stereocenters. The van der Waals surface area contributed by atoms with Crippen molar-refractivity contribution in [3.63, 3.8) is 0 Å². The van der Waals surface area contributed by atoms with E-state index in [9.17, 15) is 4.79 Å². The first-order valence-electron chi connectivity index (χ1n) is 8.41. The molecule has 0 saturated carbocycles. The molecule has 3 N–H and O–H groups in total. The molecule has 0 aliphatic carbocycles. The Morgan fingerprint density at radius 3 is 2.74 bits per heavy atom. The predicted molar refractivity (Wildman–Crippen MR) is 108 cm³/mol. The average molecular weight is 383 g/mol. The van der Waals surface area contributed by atoms with Crippen LogP contribution in [0.3, 0.4) is 0 Å². The number of nitrogens with zero attached hydrogens (tertiary/aromatic N) is 3. The van der Waals surface area contributed by atoms with Crippen LogP contribution in [0.4, 0.5) is 23.1 Å². The van der Waals surface area contributed by atoms with Gasteiger partial charge in [0.05, 0.1) is 6.20 Å². The lowest BCUT2D eigenvalue weighted by molar-refractivity contribution is -0.114. The van der Waals surface area contributed by atoms with E-state index in [4.69, 9.17) is 11.6 Å². The Hall–Kier alpha value is -3.19. The molecular weight excluding hydrogens is 364 g/mol. The fourth-order valence-corrected chi connectivity index (χ4v) is 2.69. The number of benzene rings is 2. The molecule has 8 heteroatoms. The van der Waals surface area contributed by atoms with Crippen LogP contribution in [0.25, 0.3) is 0 Å². The second-order valence-electron chi connectivity index (χ2n) is 5.86. The summed E-state index contributed by atoms with van der Waals surface area (Å²) in [5, 5.41) is 17.7. The highest BCUT2D eigenvalue weighted by Gasteiger charge is 2.03. The van der Waals surface area contributed by atoms with Crippen LogP contribution in [0, 0.1) is 0 Å². The number of rotatable bonds is 7. The summed E-state index contributed by atoms with van der Waals surface area (Å²) < 4.78 is 0. The number of carbonyl (C=O) groups excluding carboxylic acids is 1. The van der Waals surface area contributed by atoms with Gasteiger partial charge in [0.25, 0.3) is 0 Å². The molecule has 3 aromatic rings. The Morgan fingerprint density at radius 1 is 1.11 bits per heavy atom. The number of aromatic nitrogens is 3. The molecule has 1 amide bonds. The van der Waals surface area contributed by atoms with Gasteiger partial charge in [0.2, 0.25) is 11.9 Å². The first-order chi connectivity index (χ1) is 13.1. The Labute approximate surface area is 162 Å². The SMILES string of the molecule is CC(=O)Nc1cccc(Nc2nncc(NCCc3cccc(Cl)c3)n2)c1. The zero-order valence-electron chi connectivity index (χ0n) is 14.7. The molecule has 27 heavy (non-hydrogen) atoms. The van der Waals surface area contributed by atoms with E-state index in [1.54, 1.807) is 18.3 Å². The van der Waals surface area contributed by atoms with E-state index >= 15 is 0 Å². The largest absolute Gasteiger partial charge is 0.368 e. The van der Waals surface area contributed by atoms with Crippen LogP contribution in [-0.4, -0.2) is 27.6 Å². The van der Waals surface area contributed by atoms with Crippen LogP contribution in [-0.2, 0) is 11.2 Å². The van der Waals surface area contributed by atoms with Gasteiger partial charge >= 0.3 is 0 Å². The third kappa shape index (κ3) is 5.93. The molecule has 0 aliphatic rings. The third-order valence-corrected chi connectivity index (χ3v) is 3.84. The monoisotopic (exact) mass is 382 g/mol. The van der Waals surface area contributed by atoms with Crippen LogP contribution < -0.4 is 16.0 Å². The maximum absolute atomic E-state index is 11.2. The summed E-state index contributed by atoms with van der Waals surface area (Å²) in [6.07, 6.45) is 2.38. The minimum absolute atomic E-state index is 0.129. The van der Waals surface area contributed by atoms with Gasteiger partial charge in [-0.1, -0.05) is 29.8 Å². The Morgan fingerprint density at radius 2 is 1.93 bits per heavy atom. The zero-order valence-corrected chi connectivity index (χ0v) is 15.5. The van der Waals surface area contributed by atoms with Gasteiger partial charge in [0.1, 0.15) is 0 Å². The summed E-state index contributed by atoms with van der Waals surface area (Å²) in [6.45, 7) is 2.15. The molecular formula is C19H19ClN6O. The molecule has 0 saturated heterocycles.